The highest BCUT2D eigenvalue weighted by Crippen LogP contribution is 2.27. The summed E-state index contributed by atoms with van der Waals surface area (Å²) in [5, 5.41) is 0. The highest BCUT2D eigenvalue weighted by atomic mass is 16.6. The Morgan fingerprint density at radius 2 is 1.89 bits per heavy atom. The lowest BCUT2D eigenvalue weighted by molar-refractivity contribution is -0.155. The molecule has 18 heavy (non-hydrogen) atoms. The van der Waals surface area contributed by atoms with Gasteiger partial charge in [0.25, 0.3) is 0 Å². The van der Waals surface area contributed by atoms with Gasteiger partial charge in [-0.15, -0.1) is 0 Å². The molecule has 0 heterocycles. The smallest absolute Gasteiger partial charge is 0.306 e. The molecule has 0 amide bonds. The van der Waals surface area contributed by atoms with Crippen LogP contribution >= 0.6 is 0 Å². The first-order valence-corrected chi connectivity index (χ1v) is 7.34. The van der Waals surface area contributed by atoms with Crippen LogP contribution < -0.4 is 5.73 Å². The summed E-state index contributed by atoms with van der Waals surface area (Å²) in [5.41, 5.74) is 5.72. The lowest BCUT2D eigenvalue weighted by Crippen LogP contribution is -2.28. The first-order chi connectivity index (χ1) is 8.37. The molecule has 0 bridgehead atoms. The highest BCUT2D eigenvalue weighted by Gasteiger charge is 2.19. The van der Waals surface area contributed by atoms with Gasteiger partial charge >= 0.3 is 5.97 Å². The summed E-state index contributed by atoms with van der Waals surface area (Å²) in [7, 11) is 0. The third-order valence-corrected chi connectivity index (χ3v) is 3.50. The molecule has 0 aromatic rings. The van der Waals surface area contributed by atoms with Gasteiger partial charge in [-0.05, 0) is 39.5 Å². The molecule has 1 aliphatic carbocycles. The molecule has 3 nitrogen and oxygen atoms in total. The van der Waals surface area contributed by atoms with E-state index in [1.807, 2.05) is 20.8 Å². The SMILES string of the molecule is CC(C)(C)OC(=O)CCC(N)CC1CCCCC1. The highest BCUT2D eigenvalue weighted by molar-refractivity contribution is 5.69. The van der Waals surface area contributed by atoms with E-state index in [0.717, 1.165) is 18.8 Å². The van der Waals surface area contributed by atoms with Gasteiger partial charge in [0, 0.05) is 12.5 Å². The minimum Gasteiger partial charge on any atom is -0.460 e. The van der Waals surface area contributed by atoms with Gasteiger partial charge in [-0.3, -0.25) is 4.79 Å². The van der Waals surface area contributed by atoms with Crippen molar-refractivity contribution in [2.24, 2.45) is 11.7 Å². The third-order valence-electron chi connectivity index (χ3n) is 3.50. The summed E-state index contributed by atoms with van der Waals surface area (Å²) >= 11 is 0. The zero-order valence-electron chi connectivity index (χ0n) is 12.2. The summed E-state index contributed by atoms with van der Waals surface area (Å²) < 4.78 is 5.28. The molecular weight excluding hydrogens is 226 g/mol. The number of nitrogens with two attached hydrogens (primary N) is 1. The van der Waals surface area contributed by atoms with E-state index in [4.69, 9.17) is 10.5 Å². The maximum absolute atomic E-state index is 11.6. The Bertz CT molecular complexity index is 252. The summed E-state index contributed by atoms with van der Waals surface area (Å²) in [4.78, 5) is 11.6. The van der Waals surface area contributed by atoms with Crippen LogP contribution in [0.1, 0.15) is 72.1 Å². The van der Waals surface area contributed by atoms with Crippen LogP contribution in [-0.2, 0) is 9.53 Å². The molecular formula is C15H29NO2. The Kier molecular flexibility index (Phi) is 6.13. The number of esters is 1. The number of rotatable bonds is 5. The van der Waals surface area contributed by atoms with Crippen LogP contribution in [0.2, 0.25) is 0 Å². The molecule has 1 fully saturated rings. The number of carbonyl (C=O) groups is 1. The van der Waals surface area contributed by atoms with Gasteiger partial charge in [-0.2, -0.15) is 0 Å². The zero-order chi connectivity index (χ0) is 13.6. The van der Waals surface area contributed by atoms with Crippen molar-refractivity contribution in [3.63, 3.8) is 0 Å². The van der Waals surface area contributed by atoms with Crippen molar-refractivity contribution in [2.45, 2.75) is 83.8 Å². The Hall–Kier alpha value is -0.570. The molecule has 3 heteroatoms. The first-order valence-electron chi connectivity index (χ1n) is 7.34. The molecule has 0 aromatic heterocycles. The van der Waals surface area contributed by atoms with E-state index in [-0.39, 0.29) is 17.6 Å². The predicted molar refractivity (Wildman–Crippen MR) is 74.2 cm³/mol. The van der Waals surface area contributed by atoms with Gasteiger partial charge in [0.15, 0.2) is 0 Å². The van der Waals surface area contributed by atoms with Crippen LogP contribution in [0.15, 0.2) is 0 Å². The van der Waals surface area contributed by atoms with Crippen molar-refractivity contribution >= 4 is 5.97 Å². The van der Waals surface area contributed by atoms with Gasteiger partial charge in [0.2, 0.25) is 0 Å². The molecule has 0 aliphatic heterocycles. The monoisotopic (exact) mass is 255 g/mol. The Morgan fingerprint density at radius 3 is 2.44 bits per heavy atom. The Morgan fingerprint density at radius 1 is 1.28 bits per heavy atom. The summed E-state index contributed by atoms with van der Waals surface area (Å²) in [6, 6.07) is 0.153. The van der Waals surface area contributed by atoms with E-state index < -0.39 is 0 Å². The van der Waals surface area contributed by atoms with Crippen molar-refractivity contribution in [3.8, 4) is 0 Å². The fraction of sp³-hybridized carbons (Fsp3) is 0.933. The Labute approximate surface area is 111 Å². The maximum atomic E-state index is 11.6. The molecule has 2 N–H and O–H groups in total. The molecule has 1 aliphatic rings. The number of hydrogen-bond donors (Lipinski definition) is 1. The van der Waals surface area contributed by atoms with E-state index in [1.54, 1.807) is 0 Å². The third kappa shape index (κ3) is 7.00. The van der Waals surface area contributed by atoms with E-state index in [9.17, 15) is 4.79 Å². The summed E-state index contributed by atoms with van der Waals surface area (Å²) in [5.74, 6) is 0.661. The minimum absolute atomic E-state index is 0.124. The summed E-state index contributed by atoms with van der Waals surface area (Å²) in [6.07, 6.45) is 9.00. The van der Waals surface area contributed by atoms with Crippen molar-refractivity contribution < 1.29 is 9.53 Å². The quantitative estimate of drug-likeness (QED) is 0.766. The summed E-state index contributed by atoms with van der Waals surface area (Å²) in [6.45, 7) is 5.69. The average Bonchev–Trinajstić information content (AvgIpc) is 2.25. The van der Waals surface area contributed by atoms with Gasteiger partial charge in [-0.25, -0.2) is 0 Å². The van der Waals surface area contributed by atoms with E-state index >= 15 is 0 Å². The maximum Gasteiger partial charge on any atom is 0.306 e. The standard InChI is InChI=1S/C15H29NO2/c1-15(2,3)18-14(17)10-9-13(16)11-12-7-5-4-6-8-12/h12-13H,4-11,16H2,1-3H3. The van der Waals surface area contributed by atoms with E-state index in [0.29, 0.717) is 6.42 Å². The number of hydrogen-bond acceptors (Lipinski definition) is 3. The van der Waals surface area contributed by atoms with Crippen molar-refractivity contribution in [3.05, 3.63) is 0 Å². The van der Waals surface area contributed by atoms with Crippen LogP contribution in [0.25, 0.3) is 0 Å². The van der Waals surface area contributed by atoms with Gasteiger partial charge in [-0.1, -0.05) is 32.1 Å². The number of carbonyl (C=O) groups excluding carboxylic acids is 1. The lowest BCUT2D eigenvalue weighted by Gasteiger charge is -2.25. The second kappa shape index (κ2) is 7.13. The minimum atomic E-state index is -0.384. The first kappa shape index (κ1) is 15.5. The van der Waals surface area contributed by atoms with Crippen LogP contribution in [0.4, 0.5) is 0 Å². The second-order valence-electron chi connectivity index (χ2n) is 6.62. The molecule has 1 unspecified atom stereocenters. The molecule has 1 rings (SSSR count). The zero-order valence-corrected chi connectivity index (χ0v) is 12.2. The fourth-order valence-electron chi connectivity index (χ4n) is 2.66. The molecule has 1 atom stereocenters. The van der Waals surface area contributed by atoms with Crippen molar-refractivity contribution in [2.75, 3.05) is 0 Å². The fourth-order valence-corrected chi connectivity index (χ4v) is 2.66. The van der Waals surface area contributed by atoms with Gasteiger partial charge < -0.3 is 10.5 Å². The van der Waals surface area contributed by atoms with Crippen LogP contribution in [0.5, 0.6) is 0 Å². The van der Waals surface area contributed by atoms with Crippen molar-refractivity contribution in [1.29, 1.82) is 0 Å². The lowest BCUT2D eigenvalue weighted by atomic mass is 9.84. The van der Waals surface area contributed by atoms with Crippen LogP contribution in [0.3, 0.4) is 0 Å². The van der Waals surface area contributed by atoms with Gasteiger partial charge in [0.1, 0.15) is 5.60 Å². The van der Waals surface area contributed by atoms with Crippen LogP contribution in [-0.4, -0.2) is 17.6 Å². The largest absolute Gasteiger partial charge is 0.460 e. The molecule has 0 spiro atoms. The van der Waals surface area contributed by atoms with Crippen molar-refractivity contribution in [1.82, 2.24) is 0 Å². The normalized spacial score (nSPS) is 19.6. The van der Waals surface area contributed by atoms with Crippen LogP contribution in [0, 0.1) is 5.92 Å². The number of ether oxygens (including phenoxy) is 1. The molecule has 0 saturated heterocycles. The predicted octanol–water partition coefficient (Wildman–Crippen LogP) is 3.41. The van der Waals surface area contributed by atoms with E-state index in [1.165, 1.54) is 32.1 Å². The Balaban J connectivity index is 2.16. The topological polar surface area (TPSA) is 52.3 Å². The van der Waals surface area contributed by atoms with E-state index in [2.05, 4.69) is 0 Å². The average molecular weight is 255 g/mol. The molecule has 0 aromatic carbocycles. The molecule has 1 saturated carbocycles. The second-order valence-corrected chi connectivity index (χ2v) is 6.62. The molecule has 0 radical (unpaired) electrons. The van der Waals surface area contributed by atoms with Gasteiger partial charge in [0.05, 0.1) is 0 Å². The molecule has 106 valence electrons.